The fraction of sp³-hybridized carbons (Fsp3) is 0.375. The molecule has 2 rings (SSSR count). The Hall–Kier alpha value is -2.50. The number of rotatable bonds is 8. The number of nitrogens with one attached hydrogen (secondary N) is 2. The van der Waals surface area contributed by atoms with Gasteiger partial charge in [0.1, 0.15) is 11.5 Å². The van der Waals surface area contributed by atoms with E-state index in [0.29, 0.717) is 18.1 Å². The van der Waals surface area contributed by atoms with Crippen molar-refractivity contribution in [1.82, 2.24) is 20.3 Å². The summed E-state index contributed by atoms with van der Waals surface area (Å²) in [5, 5.41) is 6.00. The average molecular weight is 299 g/mol. The fourth-order valence-electron chi connectivity index (χ4n) is 1.90. The monoisotopic (exact) mass is 299 g/mol. The number of amides is 1. The largest absolute Gasteiger partial charge is 0.369 e. The smallest absolute Gasteiger partial charge is 0.271 e. The minimum Gasteiger partial charge on any atom is -0.369 e. The first-order valence-electron chi connectivity index (χ1n) is 7.52. The van der Waals surface area contributed by atoms with Gasteiger partial charge in [-0.05, 0) is 24.1 Å². The molecular formula is C16H21N5O. The zero-order chi connectivity index (χ0) is 15.6. The zero-order valence-electron chi connectivity index (χ0n) is 12.7. The summed E-state index contributed by atoms with van der Waals surface area (Å²) in [7, 11) is 0. The molecule has 2 heterocycles. The predicted octanol–water partition coefficient (Wildman–Crippen LogP) is 2.40. The van der Waals surface area contributed by atoms with Crippen molar-refractivity contribution in [2.45, 2.75) is 32.7 Å². The second kappa shape index (κ2) is 8.71. The average Bonchev–Trinajstić information content (AvgIpc) is 2.58. The maximum absolute atomic E-state index is 12.0. The van der Waals surface area contributed by atoms with Crippen molar-refractivity contribution in [2.24, 2.45) is 0 Å². The minimum absolute atomic E-state index is 0.234. The SMILES string of the molecule is CCCCCNc1cnc(C(=O)NCc2ccncc2)cn1. The van der Waals surface area contributed by atoms with Gasteiger partial charge in [-0.3, -0.25) is 9.78 Å². The van der Waals surface area contributed by atoms with Crippen LogP contribution in [-0.4, -0.2) is 27.4 Å². The van der Waals surface area contributed by atoms with Crippen LogP contribution < -0.4 is 10.6 Å². The van der Waals surface area contributed by atoms with Gasteiger partial charge in [0, 0.05) is 25.5 Å². The number of nitrogens with zero attached hydrogens (tertiary/aromatic N) is 3. The third kappa shape index (κ3) is 5.12. The highest BCUT2D eigenvalue weighted by Gasteiger charge is 2.07. The van der Waals surface area contributed by atoms with Crippen LogP contribution in [-0.2, 0) is 6.54 Å². The van der Waals surface area contributed by atoms with Crippen LogP contribution in [0.15, 0.2) is 36.9 Å². The van der Waals surface area contributed by atoms with Crippen LogP contribution in [0.5, 0.6) is 0 Å². The van der Waals surface area contributed by atoms with Gasteiger partial charge in [-0.25, -0.2) is 9.97 Å². The Morgan fingerprint density at radius 3 is 2.64 bits per heavy atom. The Balaban J connectivity index is 1.80. The summed E-state index contributed by atoms with van der Waals surface area (Å²) >= 11 is 0. The lowest BCUT2D eigenvalue weighted by Crippen LogP contribution is -2.24. The number of carbonyl (C=O) groups excluding carboxylic acids is 1. The van der Waals surface area contributed by atoms with E-state index in [4.69, 9.17) is 0 Å². The molecular weight excluding hydrogens is 278 g/mol. The van der Waals surface area contributed by atoms with Crippen LogP contribution in [0.3, 0.4) is 0 Å². The standard InChI is InChI=1S/C16H21N5O/c1-2-3-4-7-18-15-12-19-14(11-20-15)16(22)21-10-13-5-8-17-9-6-13/h5-6,8-9,11-12H,2-4,7,10H2,1H3,(H,18,20)(H,21,22). The van der Waals surface area contributed by atoms with Gasteiger partial charge in [0.15, 0.2) is 0 Å². The van der Waals surface area contributed by atoms with Crippen LogP contribution in [0.1, 0.15) is 42.2 Å². The van der Waals surface area contributed by atoms with Crippen molar-refractivity contribution in [3.63, 3.8) is 0 Å². The molecule has 0 aromatic carbocycles. The van der Waals surface area contributed by atoms with Gasteiger partial charge in [0.2, 0.25) is 0 Å². The van der Waals surface area contributed by atoms with Gasteiger partial charge < -0.3 is 10.6 Å². The van der Waals surface area contributed by atoms with E-state index in [1.54, 1.807) is 18.6 Å². The van der Waals surface area contributed by atoms with Gasteiger partial charge in [0.25, 0.3) is 5.91 Å². The first-order chi connectivity index (χ1) is 10.8. The Morgan fingerprint density at radius 1 is 1.14 bits per heavy atom. The first kappa shape index (κ1) is 15.9. The molecule has 1 amide bonds. The van der Waals surface area contributed by atoms with Crippen molar-refractivity contribution < 1.29 is 4.79 Å². The van der Waals surface area contributed by atoms with Crippen LogP contribution >= 0.6 is 0 Å². The molecule has 0 aliphatic rings. The molecule has 116 valence electrons. The Labute approximate surface area is 130 Å². The number of hydrogen-bond acceptors (Lipinski definition) is 5. The molecule has 0 aliphatic carbocycles. The maximum atomic E-state index is 12.0. The van der Waals surface area contributed by atoms with E-state index >= 15 is 0 Å². The molecule has 0 bridgehead atoms. The van der Waals surface area contributed by atoms with E-state index in [0.717, 1.165) is 18.5 Å². The van der Waals surface area contributed by atoms with Crippen molar-refractivity contribution in [3.05, 3.63) is 48.2 Å². The molecule has 0 spiro atoms. The fourth-order valence-corrected chi connectivity index (χ4v) is 1.90. The topological polar surface area (TPSA) is 79.8 Å². The van der Waals surface area contributed by atoms with Gasteiger partial charge in [-0.2, -0.15) is 0 Å². The van der Waals surface area contributed by atoms with Gasteiger partial charge in [-0.1, -0.05) is 19.8 Å². The van der Waals surface area contributed by atoms with Crippen LogP contribution in [0.4, 0.5) is 5.82 Å². The lowest BCUT2D eigenvalue weighted by atomic mass is 10.2. The quantitative estimate of drug-likeness (QED) is 0.732. The first-order valence-corrected chi connectivity index (χ1v) is 7.52. The van der Waals surface area contributed by atoms with E-state index in [9.17, 15) is 4.79 Å². The molecule has 0 atom stereocenters. The Bertz CT molecular complexity index is 571. The molecule has 0 saturated carbocycles. The summed E-state index contributed by atoms with van der Waals surface area (Å²) in [5.74, 6) is 0.462. The molecule has 2 aromatic rings. The highest BCUT2D eigenvalue weighted by molar-refractivity contribution is 5.91. The van der Waals surface area contributed by atoms with Crippen molar-refractivity contribution >= 4 is 11.7 Å². The molecule has 6 heteroatoms. The Kier molecular flexibility index (Phi) is 6.29. The molecule has 0 radical (unpaired) electrons. The summed E-state index contributed by atoms with van der Waals surface area (Å²) in [6.07, 6.45) is 9.95. The number of carbonyl (C=O) groups is 1. The van der Waals surface area contributed by atoms with E-state index in [1.165, 1.54) is 19.0 Å². The van der Waals surface area contributed by atoms with Crippen molar-refractivity contribution in [3.8, 4) is 0 Å². The summed E-state index contributed by atoms with van der Waals surface area (Å²) in [6, 6.07) is 3.71. The molecule has 0 saturated heterocycles. The maximum Gasteiger partial charge on any atom is 0.271 e. The predicted molar refractivity (Wildman–Crippen MR) is 85.5 cm³/mol. The van der Waals surface area contributed by atoms with Crippen LogP contribution in [0.25, 0.3) is 0 Å². The summed E-state index contributed by atoms with van der Waals surface area (Å²) < 4.78 is 0. The second-order valence-corrected chi connectivity index (χ2v) is 4.96. The van der Waals surface area contributed by atoms with E-state index in [2.05, 4.69) is 32.5 Å². The molecule has 6 nitrogen and oxygen atoms in total. The van der Waals surface area contributed by atoms with Crippen LogP contribution in [0, 0.1) is 0 Å². The van der Waals surface area contributed by atoms with E-state index in [-0.39, 0.29) is 5.91 Å². The molecule has 0 unspecified atom stereocenters. The highest BCUT2D eigenvalue weighted by Crippen LogP contribution is 2.03. The number of unbranched alkanes of at least 4 members (excludes halogenated alkanes) is 2. The Morgan fingerprint density at radius 2 is 1.95 bits per heavy atom. The van der Waals surface area contributed by atoms with Gasteiger partial charge in [-0.15, -0.1) is 0 Å². The summed E-state index contributed by atoms with van der Waals surface area (Å²) in [5.41, 5.74) is 1.30. The number of anilines is 1. The molecule has 2 aromatic heterocycles. The van der Waals surface area contributed by atoms with Gasteiger partial charge in [0.05, 0.1) is 12.4 Å². The molecule has 2 N–H and O–H groups in total. The third-order valence-corrected chi connectivity index (χ3v) is 3.17. The number of pyridine rings is 1. The normalized spacial score (nSPS) is 10.2. The summed E-state index contributed by atoms with van der Waals surface area (Å²) in [6.45, 7) is 3.48. The number of hydrogen-bond donors (Lipinski definition) is 2. The van der Waals surface area contributed by atoms with E-state index < -0.39 is 0 Å². The van der Waals surface area contributed by atoms with E-state index in [1.807, 2.05) is 12.1 Å². The second-order valence-electron chi connectivity index (χ2n) is 4.96. The van der Waals surface area contributed by atoms with Crippen molar-refractivity contribution in [2.75, 3.05) is 11.9 Å². The third-order valence-electron chi connectivity index (χ3n) is 3.17. The molecule has 22 heavy (non-hydrogen) atoms. The van der Waals surface area contributed by atoms with Crippen LogP contribution in [0.2, 0.25) is 0 Å². The highest BCUT2D eigenvalue weighted by atomic mass is 16.1. The van der Waals surface area contributed by atoms with Crippen molar-refractivity contribution in [1.29, 1.82) is 0 Å². The van der Waals surface area contributed by atoms with Gasteiger partial charge >= 0.3 is 0 Å². The summed E-state index contributed by atoms with van der Waals surface area (Å²) in [4.78, 5) is 24.3. The lowest BCUT2D eigenvalue weighted by Gasteiger charge is -2.06. The molecule has 0 fully saturated rings. The molecule has 0 aliphatic heterocycles. The minimum atomic E-state index is -0.234. The zero-order valence-corrected chi connectivity index (χ0v) is 12.7. The number of aromatic nitrogens is 3. The lowest BCUT2D eigenvalue weighted by molar-refractivity contribution is 0.0945.